The summed E-state index contributed by atoms with van der Waals surface area (Å²) in [6.45, 7) is 6.82. The Morgan fingerprint density at radius 2 is 1.86 bits per heavy atom. The summed E-state index contributed by atoms with van der Waals surface area (Å²) in [7, 11) is 0. The Labute approximate surface area is 132 Å². The highest BCUT2D eigenvalue weighted by atomic mass is 16.2. The van der Waals surface area contributed by atoms with Crippen LogP contribution in [-0.4, -0.2) is 18.4 Å². The molecule has 1 fully saturated rings. The summed E-state index contributed by atoms with van der Waals surface area (Å²) in [6, 6.07) is 5.99. The number of amides is 2. The Morgan fingerprint density at radius 1 is 1.14 bits per heavy atom. The van der Waals surface area contributed by atoms with E-state index in [0.29, 0.717) is 13.0 Å². The Balaban J connectivity index is 1.80. The molecule has 2 amide bonds. The van der Waals surface area contributed by atoms with Crippen LogP contribution < -0.4 is 10.6 Å². The van der Waals surface area contributed by atoms with Crippen molar-refractivity contribution in [2.24, 2.45) is 11.8 Å². The number of hydrogen-bond acceptors (Lipinski definition) is 2. The third-order valence-corrected chi connectivity index (χ3v) is 4.19. The molecule has 0 spiro atoms. The molecule has 1 aromatic rings. The Hall–Kier alpha value is -1.84. The molecule has 1 aromatic carbocycles. The van der Waals surface area contributed by atoms with Crippen LogP contribution in [-0.2, 0) is 9.59 Å². The van der Waals surface area contributed by atoms with E-state index in [0.717, 1.165) is 36.1 Å². The SMILES string of the molecule is CCCCCNC(=O)C1CC1C(=O)Nc1cc(C)ccc1C. The first-order valence-corrected chi connectivity index (χ1v) is 8.18. The van der Waals surface area contributed by atoms with Gasteiger partial charge in [0.25, 0.3) is 0 Å². The van der Waals surface area contributed by atoms with Gasteiger partial charge in [-0.25, -0.2) is 0 Å². The molecule has 2 unspecified atom stereocenters. The van der Waals surface area contributed by atoms with E-state index in [1.807, 2.05) is 32.0 Å². The van der Waals surface area contributed by atoms with Crippen molar-refractivity contribution < 1.29 is 9.59 Å². The monoisotopic (exact) mass is 302 g/mol. The maximum atomic E-state index is 12.2. The van der Waals surface area contributed by atoms with Crippen LogP contribution in [0.3, 0.4) is 0 Å². The van der Waals surface area contributed by atoms with Crippen molar-refractivity contribution in [3.63, 3.8) is 0 Å². The molecule has 4 heteroatoms. The second-order valence-electron chi connectivity index (χ2n) is 6.25. The van der Waals surface area contributed by atoms with Crippen LogP contribution in [0.2, 0.25) is 0 Å². The molecule has 1 aliphatic rings. The third kappa shape index (κ3) is 4.33. The number of nitrogens with one attached hydrogen (secondary N) is 2. The molecule has 120 valence electrons. The first-order valence-electron chi connectivity index (χ1n) is 8.18. The molecular weight excluding hydrogens is 276 g/mol. The van der Waals surface area contributed by atoms with Crippen molar-refractivity contribution in [2.45, 2.75) is 46.5 Å². The highest BCUT2D eigenvalue weighted by Crippen LogP contribution is 2.39. The number of hydrogen-bond donors (Lipinski definition) is 2. The number of aryl methyl sites for hydroxylation is 2. The van der Waals surface area contributed by atoms with E-state index < -0.39 is 0 Å². The second kappa shape index (κ2) is 7.43. The Bertz CT molecular complexity index is 554. The van der Waals surface area contributed by atoms with Crippen molar-refractivity contribution in [3.8, 4) is 0 Å². The van der Waals surface area contributed by atoms with E-state index in [1.54, 1.807) is 0 Å². The van der Waals surface area contributed by atoms with Crippen molar-refractivity contribution in [1.82, 2.24) is 5.32 Å². The highest BCUT2D eigenvalue weighted by molar-refractivity contribution is 5.99. The smallest absolute Gasteiger partial charge is 0.228 e. The molecule has 1 aliphatic carbocycles. The van der Waals surface area contributed by atoms with Crippen LogP contribution >= 0.6 is 0 Å². The van der Waals surface area contributed by atoms with E-state index >= 15 is 0 Å². The van der Waals surface area contributed by atoms with Crippen LogP contribution in [0.4, 0.5) is 5.69 Å². The molecule has 0 bridgehead atoms. The quantitative estimate of drug-likeness (QED) is 0.760. The van der Waals surface area contributed by atoms with Gasteiger partial charge in [0.1, 0.15) is 0 Å². The van der Waals surface area contributed by atoms with E-state index in [4.69, 9.17) is 0 Å². The van der Waals surface area contributed by atoms with Crippen LogP contribution in [0.25, 0.3) is 0 Å². The third-order valence-electron chi connectivity index (χ3n) is 4.19. The van der Waals surface area contributed by atoms with Gasteiger partial charge in [-0.05, 0) is 43.9 Å². The Morgan fingerprint density at radius 3 is 2.59 bits per heavy atom. The minimum atomic E-state index is -0.175. The number of rotatable bonds is 7. The molecule has 0 aromatic heterocycles. The zero-order valence-electron chi connectivity index (χ0n) is 13.7. The summed E-state index contributed by atoms with van der Waals surface area (Å²) in [6.07, 6.45) is 3.94. The van der Waals surface area contributed by atoms with Gasteiger partial charge < -0.3 is 10.6 Å². The minimum absolute atomic E-state index is 0.0252. The molecule has 1 saturated carbocycles. The molecule has 0 saturated heterocycles. The Kier molecular flexibility index (Phi) is 5.58. The summed E-state index contributed by atoms with van der Waals surface area (Å²) in [4.78, 5) is 24.2. The van der Waals surface area contributed by atoms with Gasteiger partial charge in [-0.3, -0.25) is 9.59 Å². The molecule has 4 nitrogen and oxygen atoms in total. The fraction of sp³-hybridized carbons (Fsp3) is 0.556. The van der Waals surface area contributed by atoms with Crippen molar-refractivity contribution in [2.75, 3.05) is 11.9 Å². The number of anilines is 1. The van der Waals surface area contributed by atoms with Crippen molar-refractivity contribution in [3.05, 3.63) is 29.3 Å². The van der Waals surface area contributed by atoms with Crippen LogP contribution in [0.1, 0.15) is 43.7 Å². The zero-order chi connectivity index (χ0) is 16.1. The molecule has 0 aliphatic heterocycles. The average Bonchev–Trinajstić information content (AvgIpc) is 3.28. The molecule has 0 radical (unpaired) electrons. The van der Waals surface area contributed by atoms with Gasteiger partial charge in [-0.2, -0.15) is 0 Å². The van der Waals surface area contributed by atoms with Gasteiger partial charge in [0.15, 0.2) is 0 Å². The number of carbonyl (C=O) groups excluding carboxylic acids is 2. The maximum Gasteiger partial charge on any atom is 0.228 e. The first kappa shape index (κ1) is 16.5. The van der Waals surface area contributed by atoms with Gasteiger partial charge >= 0.3 is 0 Å². The van der Waals surface area contributed by atoms with Crippen LogP contribution in [0, 0.1) is 25.7 Å². The minimum Gasteiger partial charge on any atom is -0.356 e. The predicted molar refractivity (Wildman–Crippen MR) is 88.7 cm³/mol. The van der Waals surface area contributed by atoms with Crippen LogP contribution in [0.5, 0.6) is 0 Å². The summed E-state index contributed by atoms with van der Waals surface area (Å²) in [5, 5.41) is 5.88. The van der Waals surface area contributed by atoms with Gasteiger partial charge in [0, 0.05) is 12.2 Å². The second-order valence-corrected chi connectivity index (χ2v) is 6.25. The van der Waals surface area contributed by atoms with E-state index in [-0.39, 0.29) is 23.7 Å². The van der Waals surface area contributed by atoms with Gasteiger partial charge in [0.05, 0.1) is 11.8 Å². The van der Waals surface area contributed by atoms with E-state index in [2.05, 4.69) is 17.6 Å². The van der Waals surface area contributed by atoms with Gasteiger partial charge in [-0.15, -0.1) is 0 Å². The molecule has 2 atom stereocenters. The summed E-state index contributed by atoms with van der Waals surface area (Å²) >= 11 is 0. The topological polar surface area (TPSA) is 58.2 Å². The highest BCUT2D eigenvalue weighted by Gasteiger charge is 2.47. The average molecular weight is 302 g/mol. The van der Waals surface area contributed by atoms with Crippen LogP contribution in [0.15, 0.2) is 18.2 Å². The summed E-state index contributed by atoms with van der Waals surface area (Å²) in [5.74, 6) is -0.336. The number of carbonyl (C=O) groups is 2. The lowest BCUT2D eigenvalue weighted by atomic mass is 10.1. The first-order chi connectivity index (χ1) is 10.5. The standard InChI is InChI=1S/C18H26N2O2/c1-4-5-6-9-19-17(21)14-11-15(14)18(22)20-16-10-12(2)7-8-13(16)3/h7-8,10,14-15H,4-6,9,11H2,1-3H3,(H,19,21)(H,20,22). The molecular formula is C18H26N2O2. The van der Waals surface area contributed by atoms with Gasteiger partial charge in [-0.1, -0.05) is 31.9 Å². The van der Waals surface area contributed by atoms with Crippen molar-refractivity contribution >= 4 is 17.5 Å². The van der Waals surface area contributed by atoms with Gasteiger partial charge in [0.2, 0.25) is 11.8 Å². The van der Waals surface area contributed by atoms with E-state index in [1.165, 1.54) is 0 Å². The lowest BCUT2D eigenvalue weighted by molar-refractivity contribution is -0.125. The van der Waals surface area contributed by atoms with E-state index in [9.17, 15) is 9.59 Å². The van der Waals surface area contributed by atoms with Crippen molar-refractivity contribution in [1.29, 1.82) is 0 Å². The normalized spacial score (nSPS) is 19.6. The number of unbranched alkanes of at least 4 members (excludes halogenated alkanes) is 2. The predicted octanol–water partition coefficient (Wildman–Crippen LogP) is 3.18. The number of benzene rings is 1. The molecule has 2 rings (SSSR count). The summed E-state index contributed by atoms with van der Waals surface area (Å²) < 4.78 is 0. The summed E-state index contributed by atoms with van der Waals surface area (Å²) in [5.41, 5.74) is 3.00. The largest absolute Gasteiger partial charge is 0.356 e. The fourth-order valence-electron chi connectivity index (χ4n) is 2.59. The maximum absolute atomic E-state index is 12.2. The molecule has 22 heavy (non-hydrogen) atoms. The molecule has 2 N–H and O–H groups in total. The lowest BCUT2D eigenvalue weighted by Crippen LogP contribution is -2.28. The fourth-order valence-corrected chi connectivity index (χ4v) is 2.59. The lowest BCUT2D eigenvalue weighted by Gasteiger charge is -2.09. The molecule has 0 heterocycles. The zero-order valence-corrected chi connectivity index (χ0v) is 13.7.